The Kier molecular flexibility index (Phi) is 10.3. The summed E-state index contributed by atoms with van der Waals surface area (Å²) in [6, 6.07) is 16.4. The highest BCUT2D eigenvalue weighted by Crippen LogP contribution is 2.23. The van der Waals surface area contributed by atoms with Crippen LogP contribution in [-0.2, 0) is 33.9 Å². The number of ether oxygens (including phenoxy) is 1. The Morgan fingerprint density at radius 3 is 2.57 bits per heavy atom. The van der Waals surface area contributed by atoms with Crippen LogP contribution in [-0.4, -0.2) is 81.1 Å². The predicted octanol–water partition coefficient (Wildman–Crippen LogP) is 2.64. The van der Waals surface area contributed by atoms with E-state index in [0.29, 0.717) is 63.8 Å². The molecular formula is C33H43N7O4. The lowest BCUT2D eigenvalue weighted by Crippen LogP contribution is -2.50. The fourth-order valence-corrected chi connectivity index (χ4v) is 5.79. The number of hydrogen-bond acceptors (Lipinski definition) is 7. The van der Waals surface area contributed by atoms with Crippen LogP contribution >= 0.6 is 0 Å². The molecule has 234 valence electrons. The van der Waals surface area contributed by atoms with Gasteiger partial charge in [-0.1, -0.05) is 62.4 Å². The Morgan fingerprint density at radius 1 is 1.00 bits per heavy atom. The third kappa shape index (κ3) is 8.02. The van der Waals surface area contributed by atoms with Crippen molar-refractivity contribution >= 4 is 17.7 Å². The third-order valence-electron chi connectivity index (χ3n) is 8.14. The fraction of sp³-hybridized carbons (Fsp3) is 0.485. The van der Waals surface area contributed by atoms with Gasteiger partial charge in [-0.25, -0.2) is 9.67 Å². The largest absolute Gasteiger partial charge is 0.492 e. The first-order valence-corrected chi connectivity index (χ1v) is 15.5. The molecule has 0 spiro atoms. The lowest BCUT2D eigenvalue weighted by Gasteiger charge is -2.29. The molecule has 2 aromatic carbocycles. The van der Waals surface area contributed by atoms with Crippen molar-refractivity contribution in [1.82, 2.24) is 35.2 Å². The molecule has 0 fully saturated rings. The van der Waals surface area contributed by atoms with Crippen molar-refractivity contribution < 1.29 is 19.1 Å². The van der Waals surface area contributed by atoms with E-state index in [4.69, 9.17) is 9.72 Å². The summed E-state index contributed by atoms with van der Waals surface area (Å²) in [5.41, 5.74) is 2.01. The highest BCUT2D eigenvalue weighted by Gasteiger charge is 2.30. The molecule has 44 heavy (non-hydrogen) atoms. The van der Waals surface area contributed by atoms with Crippen molar-refractivity contribution in [1.29, 1.82) is 0 Å². The van der Waals surface area contributed by atoms with Gasteiger partial charge in [0, 0.05) is 44.6 Å². The maximum atomic E-state index is 13.7. The first-order chi connectivity index (χ1) is 21.3. The molecule has 5 rings (SSSR count). The van der Waals surface area contributed by atoms with Crippen LogP contribution in [0.5, 0.6) is 5.75 Å². The van der Waals surface area contributed by atoms with Crippen molar-refractivity contribution in [3.63, 3.8) is 0 Å². The number of nitrogens with one attached hydrogen (secondary N) is 2. The second-order valence-electron chi connectivity index (χ2n) is 11.9. The summed E-state index contributed by atoms with van der Waals surface area (Å²) in [7, 11) is 0. The number of aromatic nitrogens is 3. The Hall–Kier alpha value is -4.25. The molecule has 2 aliphatic heterocycles. The molecular weight excluding hydrogens is 558 g/mol. The number of aryl methyl sites for hydroxylation is 1. The van der Waals surface area contributed by atoms with Crippen LogP contribution in [0.2, 0.25) is 0 Å². The number of nitrogens with zero attached hydrogens (tertiary/aromatic N) is 5. The maximum Gasteiger partial charge on any atom is 0.243 e. The molecule has 0 saturated carbocycles. The minimum Gasteiger partial charge on any atom is -0.492 e. The number of carbonyl (C=O) groups excluding carboxylic acids is 3. The summed E-state index contributed by atoms with van der Waals surface area (Å²) in [5.74, 6) is 1.62. The second-order valence-corrected chi connectivity index (χ2v) is 11.9. The quantitative estimate of drug-likeness (QED) is 0.461. The number of amides is 3. The zero-order chi connectivity index (χ0) is 31.1. The summed E-state index contributed by atoms with van der Waals surface area (Å²) >= 11 is 0. The lowest BCUT2D eigenvalue weighted by molar-refractivity contribution is -0.133. The first kappa shape index (κ1) is 31.2. The highest BCUT2D eigenvalue weighted by molar-refractivity contribution is 5.88. The number of benzene rings is 2. The number of para-hydroxylation sites is 1. The van der Waals surface area contributed by atoms with Crippen LogP contribution < -0.4 is 15.4 Å². The molecule has 11 nitrogen and oxygen atoms in total. The average molecular weight is 602 g/mol. The smallest absolute Gasteiger partial charge is 0.243 e. The monoisotopic (exact) mass is 601 g/mol. The molecule has 0 aliphatic carbocycles. The minimum atomic E-state index is -0.752. The zero-order valence-corrected chi connectivity index (χ0v) is 25.9. The topological polar surface area (TPSA) is 122 Å². The van der Waals surface area contributed by atoms with Crippen LogP contribution in [0.4, 0.5) is 0 Å². The van der Waals surface area contributed by atoms with Crippen LogP contribution in [0, 0.1) is 12.8 Å². The van der Waals surface area contributed by atoms with Crippen molar-refractivity contribution in [2.75, 3.05) is 32.8 Å². The van der Waals surface area contributed by atoms with E-state index in [2.05, 4.69) is 20.6 Å². The van der Waals surface area contributed by atoms with Gasteiger partial charge in [0.15, 0.2) is 0 Å². The number of carbonyl (C=O) groups is 3. The minimum absolute atomic E-state index is 0.00755. The molecule has 3 aromatic rings. The van der Waals surface area contributed by atoms with E-state index in [1.165, 1.54) is 0 Å². The summed E-state index contributed by atoms with van der Waals surface area (Å²) in [6.07, 6.45) is 1.04. The van der Waals surface area contributed by atoms with Gasteiger partial charge in [0.25, 0.3) is 0 Å². The molecule has 11 heteroatoms. The van der Waals surface area contributed by atoms with E-state index >= 15 is 0 Å². The van der Waals surface area contributed by atoms with Crippen LogP contribution in [0.1, 0.15) is 55.5 Å². The van der Waals surface area contributed by atoms with Crippen molar-refractivity contribution in [2.24, 2.45) is 5.92 Å². The second kappa shape index (κ2) is 14.5. The van der Waals surface area contributed by atoms with Gasteiger partial charge in [0.05, 0.1) is 19.1 Å². The fourth-order valence-electron chi connectivity index (χ4n) is 5.79. The van der Waals surface area contributed by atoms with Crippen LogP contribution in [0.25, 0.3) is 0 Å². The van der Waals surface area contributed by atoms with Crippen LogP contribution in [0.15, 0.2) is 54.6 Å². The normalized spacial score (nSPS) is 20.4. The molecule has 2 aliphatic rings. The molecule has 0 unspecified atom stereocenters. The summed E-state index contributed by atoms with van der Waals surface area (Å²) in [6.45, 7) is 9.14. The van der Waals surface area contributed by atoms with E-state index in [1.807, 2.05) is 85.0 Å². The molecule has 2 atom stereocenters. The number of rotatable bonds is 5. The Morgan fingerprint density at radius 2 is 1.77 bits per heavy atom. The van der Waals surface area contributed by atoms with Crippen molar-refractivity contribution in [2.45, 2.75) is 65.2 Å². The summed E-state index contributed by atoms with van der Waals surface area (Å²) < 4.78 is 7.71. The Balaban J connectivity index is 1.37. The van der Waals surface area contributed by atoms with E-state index in [9.17, 15) is 14.4 Å². The highest BCUT2D eigenvalue weighted by atomic mass is 16.5. The molecule has 2 N–H and O–H groups in total. The van der Waals surface area contributed by atoms with Gasteiger partial charge < -0.3 is 20.3 Å². The van der Waals surface area contributed by atoms with E-state index in [-0.39, 0.29) is 36.6 Å². The summed E-state index contributed by atoms with van der Waals surface area (Å²) in [4.78, 5) is 49.1. The molecule has 0 radical (unpaired) electrons. The van der Waals surface area contributed by atoms with Crippen molar-refractivity contribution in [3.05, 3.63) is 77.4 Å². The molecule has 0 bridgehead atoms. The van der Waals surface area contributed by atoms with E-state index in [0.717, 1.165) is 16.9 Å². The maximum absolute atomic E-state index is 13.7. The summed E-state index contributed by atoms with van der Waals surface area (Å²) in [5, 5.41) is 10.8. The Labute approximate surface area is 259 Å². The van der Waals surface area contributed by atoms with Gasteiger partial charge in [-0.05, 0) is 30.9 Å². The standard InChI is InChI=1S/C33H43N7O4/c1-23(2)31-32-34-24(3)37-40(32)17-16-39(30(42)22-38-18-19-44-28-13-8-7-12-26(28)21-38)15-9-14-29(41)35-27(33(43)36-31)20-25-10-5-4-6-11-25/h4-8,10-13,23,27,31H,9,14-22H2,1-3H3,(H,35,41)(H,36,43)/t27-,31+/m0/s1. The Bertz CT molecular complexity index is 1440. The lowest BCUT2D eigenvalue weighted by atomic mass is 10.0. The zero-order valence-electron chi connectivity index (χ0n) is 25.9. The molecule has 0 saturated heterocycles. The van der Waals surface area contributed by atoms with Gasteiger partial charge in [0.2, 0.25) is 17.7 Å². The van der Waals surface area contributed by atoms with Gasteiger partial charge in [-0.3, -0.25) is 19.3 Å². The van der Waals surface area contributed by atoms with E-state index < -0.39 is 12.1 Å². The predicted molar refractivity (Wildman–Crippen MR) is 166 cm³/mol. The molecule has 3 amide bonds. The van der Waals surface area contributed by atoms with Crippen LogP contribution in [0.3, 0.4) is 0 Å². The van der Waals surface area contributed by atoms with E-state index in [1.54, 1.807) is 0 Å². The number of fused-ring (bicyclic) bond motifs is 2. The third-order valence-corrected chi connectivity index (χ3v) is 8.14. The first-order valence-electron chi connectivity index (χ1n) is 15.5. The van der Waals surface area contributed by atoms with Gasteiger partial charge in [-0.15, -0.1) is 0 Å². The SMILES string of the molecule is Cc1nc2n(n1)CCN(C(=O)CN1CCOc3ccccc3C1)CCCC(=O)N[C@@H](Cc1ccccc1)C(=O)N[C@@H]2C(C)C. The van der Waals surface area contributed by atoms with Crippen molar-refractivity contribution in [3.8, 4) is 5.75 Å². The molecule has 3 heterocycles. The average Bonchev–Trinajstić information content (AvgIpc) is 3.24. The van der Waals surface area contributed by atoms with Gasteiger partial charge >= 0.3 is 0 Å². The number of hydrogen-bond donors (Lipinski definition) is 2. The molecule has 1 aromatic heterocycles. The van der Waals surface area contributed by atoms with Gasteiger partial charge in [-0.2, -0.15) is 5.10 Å². The van der Waals surface area contributed by atoms with Gasteiger partial charge in [0.1, 0.15) is 30.0 Å².